The first-order valence-corrected chi connectivity index (χ1v) is 7.80. The van der Waals surface area contributed by atoms with Crippen molar-refractivity contribution in [2.24, 2.45) is 0 Å². The highest BCUT2D eigenvalue weighted by atomic mass is 79.9. The predicted molar refractivity (Wildman–Crippen MR) is 86.5 cm³/mol. The molecule has 0 aliphatic heterocycles. The van der Waals surface area contributed by atoms with Crippen LogP contribution in [0.2, 0.25) is 5.02 Å². The molecule has 1 rings (SSSR count). The molecular weight excluding hydrogens is 386 g/mol. The fourth-order valence-corrected chi connectivity index (χ4v) is 2.24. The Morgan fingerprint density at radius 2 is 1.83 bits per heavy atom. The summed E-state index contributed by atoms with van der Waals surface area (Å²) in [4.78, 5) is 25.3. The summed E-state index contributed by atoms with van der Waals surface area (Å²) in [5, 5.41) is 17.4. The third-order valence-corrected chi connectivity index (χ3v) is 3.64. The Morgan fingerprint density at radius 3 is 2.39 bits per heavy atom. The van der Waals surface area contributed by atoms with Crippen molar-refractivity contribution in [3.8, 4) is 12.1 Å². The number of amides is 1. The van der Waals surface area contributed by atoms with Crippen molar-refractivity contribution in [3.05, 3.63) is 33.3 Å². The van der Waals surface area contributed by atoms with Crippen LogP contribution in [-0.2, 0) is 9.53 Å². The molecule has 0 aliphatic carbocycles. The Morgan fingerprint density at radius 1 is 1.22 bits per heavy atom. The molecule has 1 aromatic rings. The highest BCUT2D eigenvalue weighted by Gasteiger charge is 2.18. The third kappa shape index (κ3) is 6.27. The number of nitrogens with zero attached hydrogens (tertiary/aromatic N) is 3. The molecular formula is C15H13BrClN3O3. The number of halogens is 2. The maximum absolute atomic E-state index is 12.0. The predicted octanol–water partition coefficient (Wildman–Crippen LogP) is 2.92. The lowest BCUT2D eigenvalue weighted by molar-refractivity contribution is -0.134. The summed E-state index contributed by atoms with van der Waals surface area (Å²) in [7, 11) is 0. The fourth-order valence-electron chi connectivity index (χ4n) is 1.68. The minimum atomic E-state index is -0.717. The molecule has 0 unspecified atom stereocenters. The van der Waals surface area contributed by atoms with Gasteiger partial charge in [-0.25, -0.2) is 4.79 Å². The molecule has 0 bridgehead atoms. The maximum Gasteiger partial charge on any atom is 0.340 e. The molecule has 8 heteroatoms. The van der Waals surface area contributed by atoms with Gasteiger partial charge in [0.25, 0.3) is 5.91 Å². The topological polar surface area (TPSA) is 94.2 Å². The summed E-state index contributed by atoms with van der Waals surface area (Å²) >= 11 is 9.14. The molecule has 1 aromatic carbocycles. The number of carbonyl (C=O) groups is 2. The lowest BCUT2D eigenvalue weighted by Gasteiger charge is -2.20. The number of ether oxygens (including phenoxy) is 1. The molecule has 0 saturated heterocycles. The zero-order valence-electron chi connectivity index (χ0n) is 12.1. The Bertz CT molecular complexity index is 649. The van der Waals surface area contributed by atoms with E-state index in [1.807, 2.05) is 12.1 Å². The van der Waals surface area contributed by atoms with Crippen molar-refractivity contribution in [1.29, 1.82) is 10.5 Å². The summed E-state index contributed by atoms with van der Waals surface area (Å²) in [5.74, 6) is -1.18. The summed E-state index contributed by atoms with van der Waals surface area (Å²) in [6, 6.07) is 8.57. The summed E-state index contributed by atoms with van der Waals surface area (Å²) < 4.78 is 5.62. The lowest BCUT2D eigenvalue weighted by atomic mass is 10.2. The first kappa shape index (κ1) is 19.0. The Hall–Kier alpha value is -2.09. The summed E-state index contributed by atoms with van der Waals surface area (Å²) in [5.41, 5.74) is 0.148. The monoisotopic (exact) mass is 397 g/mol. The van der Waals surface area contributed by atoms with E-state index in [4.69, 9.17) is 26.9 Å². The van der Waals surface area contributed by atoms with Gasteiger partial charge in [0.2, 0.25) is 0 Å². The minimum absolute atomic E-state index is 0.141. The van der Waals surface area contributed by atoms with Gasteiger partial charge < -0.3 is 9.64 Å². The van der Waals surface area contributed by atoms with Crippen molar-refractivity contribution in [2.45, 2.75) is 12.8 Å². The Labute approximate surface area is 147 Å². The molecule has 23 heavy (non-hydrogen) atoms. The van der Waals surface area contributed by atoms with E-state index in [1.165, 1.54) is 17.0 Å². The lowest BCUT2D eigenvalue weighted by Crippen LogP contribution is -2.36. The average Bonchev–Trinajstić information content (AvgIpc) is 2.54. The van der Waals surface area contributed by atoms with Crippen LogP contribution in [0.4, 0.5) is 0 Å². The van der Waals surface area contributed by atoms with E-state index >= 15 is 0 Å². The zero-order chi connectivity index (χ0) is 17.2. The van der Waals surface area contributed by atoms with Crippen molar-refractivity contribution < 1.29 is 14.3 Å². The van der Waals surface area contributed by atoms with Crippen molar-refractivity contribution >= 4 is 39.4 Å². The molecule has 0 aromatic heterocycles. The van der Waals surface area contributed by atoms with Crippen LogP contribution in [-0.4, -0.2) is 36.5 Å². The molecule has 0 heterocycles. The van der Waals surface area contributed by atoms with Gasteiger partial charge in [-0.1, -0.05) is 27.5 Å². The quantitative estimate of drug-likeness (QED) is 0.658. The van der Waals surface area contributed by atoms with Gasteiger partial charge in [0, 0.05) is 17.6 Å². The van der Waals surface area contributed by atoms with Gasteiger partial charge in [0.05, 0.1) is 35.6 Å². The van der Waals surface area contributed by atoms with Crippen LogP contribution in [0.3, 0.4) is 0 Å². The molecule has 120 valence electrons. The molecule has 0 aliphatic rings. The van der Waals surface area contributed by atoms with E-state index < -0.39 is 18.5 Å². The largest absolute Gasteiger partial charge is 0.452 e. The van der Waals surface area contributed by atoms with E-state index in [-0.39, 0.29) is 36.5 Å². The standard InChI is InChI=1S/C15H13BrClN3O3/c16-11-3-4-13(17)12(9-11)15(22)23-10-14(21)20(7-1-5-18)8-2-6-19/h3-4,9H,1-2,7-8,10H2. The number of hydrogen-bond acceptors (Lipinski definition) is 5. The second kappa shape index (κ2) is 9.83. The Balaban J connectivity index is 2.65. The highest BCUT2D eigenvalue weighted by Crippen LogP contribution is 2.21. The smallest absolute Gasteiger partial charge is 0.340 e. The van der Waals surface area contributed by atoms with E-state index in [2.05, 4.69) is 15.9 Å². The number of rotatable bonds is 7. The van der Waals surface area contributed by atoms with Crippen LogP contribution in [0, 0.1) is 22.7 Å². The van der Waals surface area contributed by atoms with Crippen LogP contribution >= 0.6 is 27.5 Å². The van der Waals surface area contributed by atoms with Gasteiger partial charge in [-0.3, -0.25) is 4.79 Å². The fraction of sp³-hybridized carbons (Fsp3) is 0.333. The molecule has 0 spiro atoms. The van der Waals surface area contributed by atoms with Gasteiger partial charge in [-0.15, -0.1) is 0 Å². The molecule has 0 atom stereocenters. The molecule has 0 N–H and O–H groups in total. The first-order valence-electron chi connectivity index (χ1n) is 6.63. The molecule has 0 fully saturated rings. The van der Waals surface area contributed by atoms with E-state index in [9.17, 15) is 9.59 Å². The van der Waals surface area contributed by atoms with Gasteiger partial charge in [0.15, 0.2) is 6.61 Å². The van der Waals surface area contributed by atoms with Crippen LogP contribution in [0.5, 0.6) is 0 Å². The first-order chi connectivity index (χ1) is 11.0. The molecule has 6 nitrogen and oxygen atoms in total. The summed E-state index contributed by atoms with van der Waals surface area (Å²) in [6.07, 6.45) is 0.283. The van der Waals surface area contributed by atoms with E-state index in [1.54, 1.807) is 6.07 Å². The van der Waals surface area contributed by atoms with Crippen LogP contribution < -0.4 is 0 Å². The average molecular weight is 399 g/mol. The Kier molecular flexibility index (Phi) is 8.10. The number of carbonyl (C=O) groups excluding carboxylic acids is 2. The number of benzene rings is 1. The van der Waals surface area contributed by atoms with Gasteiger partial charge >= 0.3 is 5.97 Å². The second-order valence-corrected chi connectivity index (χ2v) is 5.72. The third-order valence-electron chi connectivity index (χ3n) is 2.81. The minimum Gasteiger partial charge on any atom is -0.452 e. The van der Waals surface area contributed by atoms with E-state index in [0.29, 0.717) is 4.47 Å². The molecule has 0 radical (unpaired) electrons. The maximum atomic E-state index is 12.0. The van der Waals surface area contributed by atoms with Crippen molar-refractivity contribution in [2.75, 3.05) is 19.7 Å². The second-order valence-electron chi connectivity index (χ2n) is 4.40. The molecule has 0 saturated carbocycles. The zero-order valence-corrected chi connectivity index (χ0v) is 14.4. The molecule has 1 amide bonds. The van der Waals surface area contributed by atoms with Gasteiger partial charge in [-0.2, -0.15) is 10.5 Å². The van der Waals surface area contributed by atoms with Crippen LogP contribution in [0.1, 0.15) is 23.2 Å². The SMILES string of the molecule is N#CCCN(CCC#N)C(=O)COC(=O)c1cc(Br)ccc1Cl. The van der Waals surface area contributed by atoms with Gasteiger partial charge in [0.1, 0.15) is 0 Å². The number of nitriles is 2. The number of hydrogen-bond donors (Lipinski definition) is 0. The number of esters is 1. The summed E-state index contributed by atoms with van der Waals surface area (Å²) in [6.45, 7) is -0.100. The van der Waals surface area contributed by atoms with Crippen LogP contribution in [0.25, 0.3) is 0 Å². The highest BCUT2D eigenvalue weighted by molar-refractivity contribution is 9.10. The van der Waals surface area contributed by atoms with Crippen LogP contribution in [0.15, 0.2) is 22.7 Å². The van der Waals surface area contributed by atoms with Gasteiger partial charge in [-0.05, 0) is 18.2 Å². The van der Waals surface area contributed by atoms with Crippen molar-refractivity contribution in [3.63, 3.8) is 0 Å². The van der Waals surface area contributed by atoms with Crippen molar-refractivity contribution in [1.82, 2.24) is 4.90 Å². The normalized spacial score (nSPS) is 9.57. The van der Waals surface area contributed by atoms with E-state index in [0.717, 1.165) is 0 Å².